The van der Waals surface area contributed by atoms with Crippen molar-refractivity contribution in [2.75, 3.05) is 29.9 Å². The van der Waals surface area contributed by atoms with Gasteiger partial charge in [0, 0.05) is 17.4 Å². The average molecular weight is 289 g/mol. The molecule has 1 heterocycles. The summed E-state index contributed by atoms with van der Waals surface area (Å²) in [6, 6.07) is 1.84. The highest BCUT2D eigenvalue weighted by molar-refractivity contribution is 7.99. The van der Waals surface area contributed by atoms with E-state index in [0.29, 0.717) is 16.8 Å². The Morgan fingerprint density at radius 1 is 1.39 bits per heavy atom. The van der Waals surface area contributed by atoms with Crippen molar-refractivity contribution in [2.24, 2.45) is 5.84 Å². The summed E-state index contributed by atoms with van der Waals surface area (Å²) in [7, 11) is 0. The number of hydrogen-bond donors (Lipinski definition) is 4. The smallest absolute Gasteiger partial charge is 0.191 e. The van der Waals surface area contributed by atoms with Gasteiger partial charge >= 0.3 is 0 Å². The predicted octanol–water partition coefficient (Wildman–Crippen LogP) is 1.01. The van der Waals surface area contributed by atoms with Crippen LogP contribution in [0.15, 0.2) is 11.2 Å². The van der Waals surface area contributed by atoms with Crippen LogP contribution in [0.2, 0.25) is 0 Å². The highest BCUT2D eigenvalue weighted by Gasteiger charge is 2.16. The SMILES string of the molecule is CSc1nc(NN)cc(NC(C)C(CO)SC)n1. The first-order valence-corrected chi connectivity index (χ1v) is 7.95. The van der Waals surface area contributed by atoms with Crippen LogP contribution in [-0.4, -0.2) is 45.5 Å². The Morgan fingerprint density at radius 3 is 2.56 bits per heavy atom. The maximum absolute atomic E-state index is 9.25. The van der Waals surface area contributed by atoms with Crippen molar-refractivity contribution in [1.82, 2.24) is 9.97 Å². The number of hydrogen-bond acceptors (Lipinski definition) is 8. The quantitative estimate of drug-likeness (QED) is 0.256. The Morgan fingerprint density at radius 2 is 2.06 bits per heavy atom. The summed E-state index contributed by atoms with van der Waals surface area (Å²) in [5.74, 6) is 6.62. The number of nitrogens with one attached hydrogen (secondary N) is 2. The van der Waals surface area contributed by atoms with Gasteiger partial charge in [-0.15, -0.1) is 0 Å². The molecule has 0 bridgehead atoms. The summed E-state index contributed by atoms with van der Waals surface area (Å²) in [6.45, 7) is 2.13. The van der Waals surface area contributed by atoms with E-state index < -0.39 is 0 Å². The lowest BCUT2D eigenvalue weighted by atomic mass is 10.2. The Hall–Kier alpha value is -0.700. The second-order valence-electron chi connectivity index (χ2n) is 3.66. The number of aromatic nitrogens is 2. The third-order valence-corrected chi connectivity index (χ3v) is 4.16. The van der Waals surface area contributed by atoms with E-state index in [1.165, 1.54) is 11.8 Å². The Bertz CT molecular complexity index is 353. The van der Waals surface area contributed by atoms with Crippen molar-refractivity contribution in [3.63, 3.8) is 0 Å². The molecule has 0 radical (unpaired) electrons. The topological polar surface area (TPSA) is 96.1 Å². The molecule has 6 nitrogen and oxygen atoms in total. The van der Waals surface area contributed by atoms with Crippen molar-refractivity contribution in [3.8, 4) is 0 Å². The van der Waals surface area contributed by atoms with E-state index in [1.807, 2.05) is 19.4 Å². The average Bonchev–Trinajstić information content (AvgIpc) is 2.39. The molecule has 0 aliphatic rings. The van der Waals surface area contributed by atoms with Crippen LogP contribution in [-0.2, 0) is 0 Å². The van der Waals surface area contributed by atoms with Crippen molar-refractivity contribution in [1.29, 1.82) is 0 Å². The molecule has 18 heavy (non-hydrogen) atoms. The number of nitrogens with zero attached hydrogens (tertiary/aromatic N) is 2. The molecule has 102 valence electrons. The number of nitrogen functional groups attached to an aromatic ring is 1. The zero-order valence-corrected chi connectivity index (χ0v) is 12.3. The molecule has 2 atom stereocenters. The molecule has 8 heteroatoms. The number of nitrogens with two attached hydrogens (primary N) is 1. The summed E-state index contributed by atoms with van der Waals surface area (Å²) in [4.78, 5) is 8.53. The summed E-state index contributed by atoms with van der Waals surface area (Å²) in [6.07, 6.45) is 3.88. The zero-order valence-electron chi connectivity index (χ0n) is 10.7. The second-order valence-corrected chi connectivity index (χ2v) is 5.51. The van der Waals surface area contributed by atoms with Crippen molar-refractivity contribution in [3.05, 3.63) is 6.07 Å². The molecular formula is C10H19N5OS2. The van der Waals surface area contributed by atoms with E-state index in [-0.39, 0.29) is 17.9 Å². The molecule has 0 saturated carbocycles. The molecule has 0 aromatic carbocycles. The predicted molar refractivity (Wildman–Crippen MR) is 79.1 cm³/mol. The number of aliphatic hydroxyl groups is 1. The minimum atomic E-state index is 0.0974. The van der Waals surface area contributed by atoms with Gasteiger partial charge in [0.2, 0.25) is 0 Å². The molecule has 0 saturated heterocycles. The fraction of sp³-hybridized carbons (Fsp3) is 0.600. The fourth-order valence-corrected chi connectivity index (χ4v) is 2.43. The monoisotopic (exact) mass is 289 g/mol. The van der Waals surface area contributed by atoms with E-state index in [1.54, 1.807) is 17.8 Å². The largest absolute Gasteiger partial charge is 0.395 e. The first-order valence-electron chi connectivity index (χ1n) is 5.44. The lowest BCUT2D eigenvalue weighted by molar-refractivity contribution is 0.288. The maximum Gasteiger partial charge on any atom is 0.191 e. The van der Waals surface area contributed by atoms with Gasteiger partial charge in [-0.05, 0) is 19.4 Å². The van der Waals surface area contributed by atoms with Crippen LogP contribution < -0.4 is 16.6 Å². The summed E-state index contributed by atoms with van der Waals surface area (Å²) in [5, 5.41) is 13.3. The van der Waals surface area contributed by atoms with Crippen LogP contribution in [0.4, 0.5) is 11.6 Å². The van der Waals surface area contributed by atoms with E-state index in [2.05, 4.69) is 20.7 Å². The first kappa shape index (κ1) is 15.4. The second kappa shape index (κ2) is 7.67. The molecular weight excluding hydrogens is 270 g/mol. The normalized spacial score (nSPS) is 14.1. The van der Waals surface area contributed by atoms with Gasteiger partial charge in [0.1, 0.15) is 11.6 Å². The van der Waals surface area contributed by atoms with E-state index >= 15 is 0 Å². The van der Waals surface area contributed by atoms with Crippen LogP contribution in [0.3, 0.4) is 0 Å². The Balaban J connectivity index is 2.82. The number of aliphatic hydroxyl groups excluding tert-OH is 1. The number of hydrazine groups is 1. The zero-order chi connectivity index (χ0) is 13.5. The van der Waals surface area contributed by atoms with Crippen molar-refractivity contribution < 1.29 is 5.11 Å². The van der Waals surface area contributed by atoms with Crippen LogP contribution in [0, 0.1) is 0 Å². The van der Waals surface area contributed by atoms with Gasteiger partial charge in [-0.1, -0.05) is 11.8 Å². The minimum absolute atomic E-state index is 0.0974. The van der Waals surface area contributed by atoms with Gasteiger partial charge in [0.25, 0.3) is 0 Å². The molecule has 2 unspecified atom stereocenters. The van der Waals surface area contributed by atoms with Gasteiger partial charge in [-0.2, -0.15) is 11.8 Å². The standard InChI is InChI=1S/C10H19N5OS2/c1-6(7(5-16)17-2)12-8-4-9(15-11)14-10(13-8)18-3/h4,6-7,16H,5,11H2,1-3H3,(H2,12,13,14,15). The molecule has 1 rings (SSSR count). The third kappa shape index (κ3) is 4.20. The highest BCUT2D eigenvalue weighted by atomic mass is 32.2. The third-order valence-electron chi connectivity index (χ3n) is 2.45. The lowest BCUT2D eigenvalue weighted by Gasteiger charge is -2.22. The Kier molecular flexibility index (Phi) is 6.55. The van der Waals surface area contributed by atoms with Gasteiger partial charge in [0.05, 0.1) is 6.61 Å². The molecule has 0 spiro atoms. The summed E-state index contributed by atoms with van der Waals surface area (Å²) >= 11 is 3.06. The molecule has 0 fully saturated rings. The number of anilines is 2. The number of thioether (sulfide) groups is 2. The number of rotatable bonds is 7. The van der Waals surface area contributed by atoms with Gasteiger partial charge in [-0.25, -0.2) is 15.8 Å². The van der Waals surface area contributed by atoms with Gasteiger partial charge in [-0.3, -0.25) is 0 Å². The van der Waals surface area contributed by atoms with Crippen molar-refractivity contribution >= 4 is 35.2 Å². The lowest BCUT2D eigenvalue weighted by Crippen LogP contribution is -2.31. The minimum Gasteiger partial charge on any atom is -0.395 e. The van der Waals surface area contributed by atoms with Crippen LogP contribution >= 0.6 is 23.5 Å². The van der Waals surface area contributed by atoms with E-state index in [0.717, 1.165) is 0 Å². The van der Waals surface area contributed by atoms with Gasteiger partial charge < -0.3 is 15.8 Å². The first-order chi connectivity index (χ1) is 8.64. The highest BCUT2D eigenvalue weighted by Crippen LogP contribution is 2.19. The van der Waals surface area contributed by atoms with Crippen LogP contribution in [0.5, 0.6) is 0 Å². The molecule has 0 amide bonds. The van der Waals surface area contributed by atoms with Crippen molar-refractivity contribution in [2.45, 2.75) is 23.4 Å². The van der Waals surface area contributed by atoms with E-state index in [9.17, 15) is 5.11 Å². The fourth-order valence-electron chi connectivity index (χ4n) is 1.43. The Labute approximate surface area is 116 Å². The van der Waals surface area contributed by atoms with Crippen LogP contribution in [0.1, 0.15) is 6.92 Å². The van der Waals surface area contributed by atoms with Crippen LogP contribution in [0.25, 0.3) is 0 Å². The van der Waals surface area contributed by atoms with E-state index in [4.69, 9.17) is 5.84 Å². The summed E-state index contributed by atoms with van der Waals surface area (Å²) < 4.78 is 0. The maximum atomic E-state index is 9.25. The molecule has 0 aliphatic carbocycles. The molecule has 1 aromatic rings. The summed E-state index contributed by atoms with van der Waals surface area (Å²) in [5.41, 5.74) is 2.51. The molecule has 0 aliphatic heterocycles. The molecule has 5 N–H and O–H groups in total. The van der Waals surface area contributed by atoms with Gasteiger partial charge in [0.15, 0.2) is 5.16 Å². The molecule has 1 aromatic heterocycles.